The number of aromatic nitrogens is 1. The van der Waals surface area contributed by atoms with Crippen molar-refractivity contribution in [3.63, 3.8) is 0 Å². The maximum atomic E-state index is 5.90. The lowest BCUT2D eigenvalue weighted by atomic mass is 10.3. The van der Waals surface area contributed by atoms with Crippen LogP contribution >= 0.6 is 23.2 Å². The van der Waals surface area contributed by atoms with E-state index in [1.165, 1.54) is 0 Å². The third-order valence-electron chi connectivity index (χ3n) is 2.13. The molecular weight excluding hydrogens is 259 g/mol. The number of hydrogen-bond acceptors (Lipinski definition) is 3. The van der Waals surface area contributed by atoms with E-state index < -0.39 is 0 Å². The Bertz CT molecular complexity index is 558. The van der Waals surface area contributed by atoms with E-state index in [9.17, 15) is 0 Å². The van der Waals surface area contributed by atoms with Gasteiger partial charge in [-0.2, -0.15) is 0 Å². The highest BCUT2D eigenvalue weighted by Gasteiger charge is 2.07. The molecule has 5 heteroatoms. The van der Waals surface area contributed by atoms with E-state index in [-0.39, 0.29) is 0 Å². The molecule has 0 amide bonds. The van der Waals surface area contributed by atoms with Crippen LogP contribution in [-0.2, 0) is 0 Å². The predicted octanol–water partition coefficient (Wildman–Crippen LogP) is 4.07. The second-order valence-electron chi connectivity index (χ2n) is 3.52. The van der Waals surface area contributed by atoms with Crippen LogP contribution in [-0.4, -0.2) is 4.98 Å². The van der Waals surface area contributed by atoms with Gasteiger partial charge in [-0.25, -0.2) is 4.98 Å². The highest BCUT2D eigenvalue weighted by atomic mass is 35.5. The molecule has 17 heavy (non-hydrogen) atoms. The van der Waals surface area contributed by atoms with Gasteiger partial charge in [-0.15, -0.1) is 0 Å². The summed E-state index contributed by atoms with van der Waals surface area (Å²) in [5.74, 6) is 0.910. The zero-order valence-corrected chi connectivity index (χ0v) is 10.6. The van der Waals surface area contributed by atoms with Gasteiger partial charge in [-0.05, 0) is 19.1 Å². The fourth-order valence-electron chi connectivity index (χ4n) is 1.32. The summed E-state index contributed by atoms with van der Waals surface area (Å²) in [7, 11) is 0. The van der Waals surface area contributed by atoms with Crippen LogP contribution in [0.2, 0.25) is 10.0 Å². The smallest absolute Gasteiger partial charge is 0.219 e. The Balaban J connectivity index is 2.33. The number of anilines is 1. The first-order valence-electron chi connectivity index (χ1n) is 4.92. The molecule has 0 saturated heterocycles. The molecule has 1 aromatic carbocycles. The van der Waals surface area contributed by atoms with Crippen molar-refractivity contribution in [3.8, 4) is 11.6 Å². The molecule has 0 aliphatic carbocycles. The summed E-state index contributed by atoms with van der Waals surface area (Å²) in [5.41, 5.74) is 7.06. The van der Waals surface area contributed by atoms with Gasteiger partial charge < -0.3 is 10.5 Å². The standard InChI is InChI=1S/C12H10Cl2N2O/c1-7-3-2-4-12(16-7)17-11-6-9(14)8(13)5-10(11)15/h2-6H,15H2,1H3. The first kappa shape index (κ1) is 12.0. The van der Waals surface area contributed by atoms with Crippen molar-refractivity contribution < 1.29 is 4.74 Å². The van der Waals surface area contributed by atoms with E-state index in [1.54, 1.807) is 18.2 Å². The lowest BCUT2D eigenvalue weighted by Crippen LogP contribution is -1.94. The minimum atomic E-state index is 0.392. The number of ether oxygens (including phenoxy) is 1. The fraction of sp³-hybridized carbons (Fsp3) is 0.0833. The predicted molar refractivity (Wildman–Crippen MR) is 69.9 cm³/mol. The summed E-state index contributed by atoms with van der Waals surface area (Å²) in [6, 6.07) is 8.60. The minimum absolute atomic E-state index is 0.392. The molecule has 0 fully saturated rings. The summed E-state index contributed by atoms with van der Waals surface area (Å²) >= 11 is 11.7. The molecule has 0 radical (unpaired) electrons. The first-order valence-corrected chi connectivity index (χ1v) is 5.68. The number of rotatable bonds is 2. The van der Waals surface area contributed by atoms with Crippen LogP contribution in [0, 0.1) is 6.92 Å². The Morgan fingerprint density at radius 1 is 1.18 bits per heavy atom. The van der Waals surface area contributed by atoms with E-state index in [4.69, 9.17) is 33.7 Å². The van der Waals surface area contributed by atoms with Gasteiger partial charge in [0, 0.05) is 17.8 Å². The maximum Gasteiger partial charge on any atom is 0.219 e. The van der Waals surface area contributed by atoms with Gasteiger partial charge >= 0.3 is 0 Å². The molecule has 2 N–H and O–H groups in total. The molecule has 0 aliphatic rings. The lowest BCUT2D eigenvalue weighted by molar-refractivity contribution is 0.464. The van der Waals surface area contributed by atoms with E-state index in [0.717, 1.165) is 5.69 Å². The third-order valence-corrected chi connectivity index (χ3v) is 2.85. The molecular formula is C12H10Cl2N2O. The van der Waals surface area contributed by atoms with Crippen molar-refractivity contribution >= 4 is 28.9 Å². The van der Waals surface area contributed by atoms with Gasteiger partial charge in [0.2, 0.25) is 5.88 Å². The SMILES string of the molecule is Cc1cccc(Oc2cc(Cl)c(Cl)cc2N)n1. The summed E-state index contributed by atoms with van der Waals surface area (Å²) in [6.45, 7) is 1.88. The van der Waals surface area contributed by atoms with Gasteiger partial charge in [0.25, 0.3) is 0 Å². The third kappa shape index (κ3) is 2.81. The number of benzene rings is 1. The molecule has 0 aliphatic heterocycles. The Kier molecular flexibility index (Phi) is 3.41. The second-order valence-corrected chi connectivity index (χ2v) is 4.34. The molecule has 2 aromatic rings. The summed E-state index contributed by atoms with van der Waals surface area (Å²) in [5, 5.41) is 0.789. The lowest BCUT2D eigenvalue weighted by Gasteiger charge is -2.09. The average Bonchev–Trinajstić information content (AvgIpc) is 2.26. The molecule has 0 unspecified atom stereocenters. The molecule has 88 valence electrons. The molecule has 0 bridgehead atoms. The summed E-state index contributed by atoms with van der Waals surface area (Å²) in [4.78, 5) is 4.21. The van der Waals surface area contributed by atoms with Crippen LogP contribution in [0.1, 0.15) is 5.69 Å². The highest BCUT2D eigenvalue weighted by Crippen LogP contribution is 2.34. The number of nitrogens with two attached hydrogens (primary N) is 1. The summed E-state index contributed by atoms with van der Waals surface area (Å²) < 4.78 is 5.55. The number of halogens is 2. The Morgan fingerprint density at radius 2 is 1.88 bits per heavy atom. The van der Waals surface area contributed by atoms with Crippen LogP contribution in [0.25, 0.3) is 0 Å². The van der Waals surface area contributed by atoms with Crippen molar-refractivity contribution in [3.05, 3.63) is 46.1 Å². The van der Waals surface area contributed by atoms with Crippen molar-refractivity contribution in [2.24, 2.45) is 0 Å². The van der Waals surface area contributed by atoms with Gasteiger partial charge in [0.05, 0.1) is 15.7 Å². The van der Waals surface area contributed by atoms with Crippen LogP contribution in [0.4, 0.5) is 5.69 Å². The molecule has 0 spiro atoms. The largest absolute Gasteiger partial charge is 0.437 e. The molecule has 0 saturated carbocycles. The quantitative estimate of drug-likeness (QED) is 0.836. The molecule has 0 atom stereocenters. The topological polar surface area (TPSA) is 48.1 Å². The summed E-state index contributed by atoms with van der Waals surface area (Å²) in [6.07, 6.45) is 0. The monoisotopic (exact) mass is 268 g/mol. The first-order chi connectivity index (χ1) is 8.06. The van der Waals surface area contributed by atoms with Crippen molar-refractivity contribution in [2.45, 2.75) is 6.92 Å². The van der Waals surface area contributed by atoms with Gasteiger partial charge in [-0.3, -0.25) is 0 Å². The van der Waals surface area contributed by atoms with Gasteiger partial charge in [-0.1, -0.05) is 29.3 Å². The van der Waals surface area contributed by atoms with Crippen LogP contribution in [0.15, 0.2) is 30.3 Å². The molecule has 1 heterocycles. The van der Waals surface area contributed by atoms with Crippen molar-refractivity contribution in [1.82, 2.24) is 4.98 Å². The second kappa shape index (κ2) is 4.82. The zero-order chi connectivity index (χ0) is 12.4. The van der Waals surface area contributed by atoms with Crippen LogP contribution in [0.3, 0.4) is 0 Å². The fourth-order valence-corrected chi connectivity index (χ4v) is 1.65. The normalized spacial score (nSPS) is 10.3. The number of nitrogens with zero attached hydrogens (tertiary/aromatic N) is 1. The zero-order valence-electron chi connectivity index (χ0n) is 9.08. The highest BCUT2D eigenvalue weighted by molar-refractivity contribution is 6.42. The van der Waals surface area contributed by atoms with Crippen molar-refractivity contribution in [1.29, 1.82) is 0 Å². The average molecular weight is 269 g/mol. The van der Waals surface area contributed by atoms with E-state index >= 15 is 0 Å². The Morgan fingerprint density at radius 3 is 2.59 bits per heavy atom. The number of aryl methyl sites for hydroxylation is 1. The molecule has 3 nitrogen and oxygen atoms in total. The maximum absolute atomic E-state index is 5.90. The Hall–Kier alpha value is -1.45. The van der Waals surface area contributed by atoms with Crippen molar-refractivity contribution in [2.75, 3.05) is 5.73 Å². The molecule has 2 rings (SSSR count). The van der Waals surface area contributed by atoms with Crippen LogP contribution < -0.4 is 10.5 Å². The van der Waals surface area contributed by atoms with E-state index in [2.05, 4.69) is 4.98 Å². The number of hydrogen-bond donors (Lipinski definition) is 1. The van der Waals surface area contributed by atoms with E-state index in [1.807, 2.05) is 19.1 Å². The Labute approximate surface area is 109 Å². The van der Waals surface area contributed by atoms with Gasteiger partial charge in [0.15, 0.2) is 5.75 Å². The number of pyridine rings is 1. The van der Waals surface area contributed by atoms with Gasteiger partial charge in [0.1, 0.15) is 0 Å². The molecule has 1 aromatic heterocycles. The number of nitrogen functional groups attached to an aromatic ring is 1. The van der Waals surface area contributed by atoms with Crippen LogP contribution in [0.5, 0.6) is 11.6 Å². The minimum Gasteiger partial charge on any atom is -0.437 e. The van der Waals surface area contributed by atoms with E-state index in [0.29, 0.717) is 27.4 Å².